The van der Waals surface area contributed by atoms with E-state index in [4.69, 9.17) is 4.74 Å². The molecule has 0 bridgehead atoms. The quantitative estimate of drug-likeness (QED) is 0.712. The normalized spacial score (nSPS) is 15.7. The van der Waals surface area contributed by atoms with Gasteiger partial charge >= 0.3 is 6.09 Å². The smallest absolute Gasteiger partial charge is 0.410 e. The van der Waals surface area contributed by atoms with E-state index in [0.29, 0.717) is 38.0 Å². The van der Waals surface area contributed by atoms with E-state index in [1.54, 1.807) is 4.90 Å². The number of carbonyl (C=O) groups is 3. The van der Waals surface area contributed by atoms with Gasteiger partial charge in [0.15, 0.2) is 0 Å². The molecule has 2 heterocycles. The summed E-state index contributed by atoms with van der Waals surface area (Å²) in [5.41, 5.74) is 0.00968. The highest BCUT2D eigenvalue weighted by Crippen LogP contribution is 2.17. The summed E-state index contributed by atoms with van der Waals surface area (Å²) < 4.78 is 5.34. The maximum atomic E-state index is 12.2. The van der Waals surface area contributed by atoms with Crippen molar-refractivity contribution in [1.29, 1.82) is 0 Å². The van der Waals surface area contributed by atoms with Gasteiger partial charge in [-0.15, -0.1) is 0 Å². The molecule has 9 nitrogen and oxygen atoms in total. The number of H-pyrrole nitrogens is 1. The number of nitrogens with one attached hydrogen (secondary N) is 3. The maximum Gasteiger partial charge on any atom is 0.410 e. The zero-order valence-electron chi connectivity index (χ0n) is 14.1. The van der Waals surface area contributed by atoms with E-state index in [0.717, 1.165) is 0 Å². The topological polar surface area (TPSA) is 116 Å². The van der Waals surface area contributed by atoms with E-state index in [1.165, 1.54) is 6.20 Å². The molecule has 3 amide bonds. The predicted octanol–water partition coefficient (Wildman–Crippen LogP) is 1.11. The molecule has 132 valence electrons. The second-order valence-corrected chi connectivity index (χ2v) is 6.64. The standard InChI is InChI=1S/C15H23N5O4/c1-15(2,3)24-14(23)20-6-4-10(5-7-20)18-13(22)12-11(16-9-21)8-17-19-12/h8-10H,4-7H2,1-3H3,(H,16,21)(H,17,19)(H,18,22). The van der Waals surface area contributed by atoms with Crippen molar-refractivity contribution in [1.82, 2.24) is 20.4 Å². The van der Waals surface area contributed by atoms with Crippen LogP contribution in [-0.4, -0.2) is 58.2 Å². The van der Waals surface area contributed by atoms with Crippen molar-refractivity contribution in [3.63, 3.8) is 0 Å². The first-order valence-electron chi connectivity index (χ1n) is 7.82. The molecule has 24 heavy (non-hydrogen) atoms. The Morgan fingerprint density at radius 2 is 2.04 bits per heavy atom. The molecule has 0 aromatic carbocycles. The minimum absolute atomic E-state index is 0.0523. The van der Waals surface area contributed by atoms with Crippen LogP contribution < -0.4 is 10.6 Å². The van der Waals surface area contributed by atoms with Gasteiger partial charge in [0.1, 0.15) is 11.3 Å². The first kappa shape index (κ1) is 17.8. The summed E-state index contributed by atoms with van der Waals surface area (Å²) in [5, 5.41) is 11.6. The van der Waals surface area contributed by atoms with Crippen LogP contribution in [0.15, 0.2) is 6.20 Å². The van der Waals surface area contributed by atoms with Crippen LogP contribution in [0.3, 0.4) is 0 Å². The number of aromatic nitrogens is 2. The van der Waals surface area contributed by atoms with Gasteiger partial charge in [0.2, 0.25) is 6.41 Å². The second-order valence-electron chi connectivity index (χ2n) is 6.64. The fourth-order valence-corrected chi connectivity index (χ4v) is 2.42. The number of anilines is 1. The Morgan fingerprint density at radius 1 is 1.38 bits per heavy atom. The highest BCUT2D eigenvalue weighted by atomic mass is 16.6. The fourth-order valence-electron chi connectivity index (χ4n) is 2.42. The Morgan fingerprint density at radius 3 is 2.62 bits per heavy atom. The third-order valence-electron chi connectivity index (χ3n) is 3.56. The number of ether oxygens (including phenoxy) is 1. The van der Waals surface area contributed by atoms with Crippen LogP contribution in [0, 0.1) is 0 Å². The molecule has 1 saturated heterocycles. The Labute approximate surface area is 140 Å². The van der Waals surface area contributed by atoms with Gasteiger partial charge in [-0.3, -0.25) is 14.7 Å². The molecule has 1 aliphatic heterocycles. The molecule has 3 N–H and O–H groups in total. The van der Waals surface area contributed by atoms with Crippen LogP contribution in [0.25, 0.3) is 0 Å². The number of nitrogens with zero attached hydrogens (tertiary/aromatic N) is 2. The van der Waals surface area contributed by atoms with Crippen molar-refractivity contribution in [2.75, 3.05) is 18.4 Å². The van der Waals surface area contributed by atoms with E-state index in [2.05, 4.69) is 20.8 Å². The predicted molar refractivity (Wildman–Crippen MR) is 86.6 cm³/mol. The molecule has 0 unspecified atom stereocenters. The Bertz CT molecular complexity index is 599. The Kier molecular flexibility index (Phi) is 5.42. The van der Waals surface area contributed by atoms with E-state index >= 15 is 0 Å². The summed E-state index contributed by atoms with van der Waals surface area (Å²) in [7, 11) is 0. The Hall–Kier alpha value is -2.58. The average Bonchev–Trinajstić information content (AvgIpc) is 2.95. The molecular formula is C15H23N5O4. The number of rotatable bonds is 4. The van der Waals surface area contributed by atoms with Gasteiger partial charge in [0, 0.05) is 19.1 Å². The third kappa shape index (κ3) is 4.71. The maximum absolute atomic E-state index is 12.2. The first-order valence-corrected chi connectivity index (χ1v) is 7.82. The number of hydrogen-bond acceptors (Lipinski definition) is 5. The molecule has 1 aromatic heterocycles. The van der Waals surface area contributed by atoms with Gasteiger partial charge in [0.05, 0.1) is 11.9 Å². The van der Waals surface area contributed by atoms with Crippen molar-refractivity contribution in [2.45, 2.75) is 45.3 Å². The highest BCUT2D eigenvalue weighted by molar-refractivity contribution is 5.99. The second kappa shape index (κ2) is 7.33. The fraction of sp³-hybridized carbons (Fsp3) is 0.600. The average molecular weight is 337 g/mol. The molecule has 0 saturated carbocycles. The van der Waals surface area contributed by atoms with Crippen molar-refractivity contribution >= 4 is 24.1 Å². The van der Waals surface area contributed by atoms with Gasteiger partial charge in [-0.05, 0) is 33.6 Å². The molecule has 1 aliphatic rings. The molecule has 9 heteroatoms. The molecule has 0 aliphatic carbocycles. The lowest BCUT2D eigenvalue weighted by Gasteiger charge is -2.33. The summed E-state index contributed by atoms with van der Waals surface area (Å²) in [6.07, 6.45) is 2.79. The zero-order valence-corrected chi connectivity index (χ0v) is 14.1. The molecule has 0 spiro atoms. The van der Waals surface area contributed by atoms with Crippen LogP contribution in [-0.2, 0) is 9.53 Å². The van der Waals surface area contributed by atoms with E-state index in [-0.39, 0.29) is 23.7 Å². The van der Waals surface area contributed by atoms with Crippen LogP contribution in [0.5, 0.6) is 0 Å². The number of carbonyl (C=O) groups excluding carboxylic acids is 3. The van der Waals surface area contributed by atoms with Gasteiger partial charge in [0.25, 0.3) is 5.91 Å². The van der Waals surface area contributed by atoms with Crippen molar-refractivity contribution < 1.29 is 19.1 Å². The summed E-state index contributed by atoms with van der Waals surface area (Å²) in [6.45, 7) is 6.51. The summed E-state index contributed by atoms with van der Waals surface area (Å²) >= 11 is 0. The van der Waals surface area contributed by atoms with Gasteiger partial charge in [-0.1, -0.05) is 0 Å². The lowest BCUT2D eigenvalue weighted by molar-refractivity contribution is -0.105. The molecule has 1 aromatic rings. The lowest BCUT2D eigenvalue weighted by atomic mass is 10.1. The summed E-state index contributed by atoms with van der Waals surface area (Å²) in [5.74, 6) is -0.340. The van der Waals surface area contributed by atoms with Crippen molar-refractivity contribution in [2.24, 2.45) is 0 Å². The SMILES string of the molecule is CC(C)(C)OC(=O)N1CCC(NC(=O)c2[nH]ncc2NC=O)CC1. The van der Waals surface area contributed by atoms with Crippen molar-refractivity contribution in [3.8, 4) is 0 Å². The molecule has 1 fully saturated rings. The van der Waals surface area contributed by atoms with Crippen LogP contribution in [0.1, 0.15) is 44.1 Å². The molecular weight excluding hydrogens is 314 g/mol. The zero-order chi connectivity index (χ0) is 17.7. The number of likely N-dealkylation sites (tertiary alicyclic amines) is 1. The first-order chi connectivity index (χ1) is 11.3. The van der Waals surface area contributed by atoms with Gasteiger partial charge < -0.3 is 20.3 Å². The molecule has 0 atom stereocenters. The highest BCUT2D eigenvalue weighted by Gasteiger charge is 2.28. The van der Waals surface area contributed by atoms with Crippen molar-refractivity contribution in [3.05, 3.63) is 11.9 Å². The molecule has 0 radical (unpaired) electrons. The number of amides is 3. The van der Waals surface area contributed by atoms with Crippen LogP contribution in [0.2, 0.25) is 0 Å². The lowest BCUT2D eigenvalue weighted by Crippen LogP contribution is -2.47. The number of aromatic amines is 1. The number of piperidine rings is 1. The summed E-state index contributed by atoms with van der Waals surface area (Å²) in [4.78, 5) is 36.4. The Balaban J connectivity index is 1.84. The van der Waals surface area contributed by atoms with Gasteiger partial charge in [-0.25, -0.2) is 4.79 Å². The monoisotopic (exact) mass is 337 g/mol. The van der Waals surface area contributed by atoms with E-state index < -0.39 is 5.60 Å². The van der Waals surface area contributed by atoms with Gasteiger partial charge in [-0.2, -0.15) is 5.10 Å². The van der Waals surface area contributed by atoms with E-state index in [1.807, 2.05) is 20.8 Å². The number of hydrogen-bond donors (Lipinski definition) is 3. The van der Waals surface area contributed by atoms with Crippen LogP contribution in [0.4, 0.5) is 10.5 Å². The minimum atomic E-state index is -0.523. The van der Waals surface area contributed by atoms with E-state index in [9.17, 15) is 14.4 Å². The van der Waals surface area contributed by atoms with Crippen LogP contribution >= 0.6 is 0 Å². The molecule has 2 rings (SSSR count). The minimum Gasteiger partial charge on any atom is -0.444 e. The largest absolute Gasteiger partial charge is 0.444 e. The third-order valence-corrected chi connectivity index (χ3v) is 3.56. The summed E-state index contributed by atoms with van der Waals surface area (Å²) in [6, 6.07) is -0.0523.